The van der Waals surface area contributed by atoms with Crippen LogP contribution in [0, 0.1) is 0 Å². The molecule has 2 heterocycles. The summed E-state index contributed by atoms with van der Waals surface area (Å²) in [7, 11) is 0. The molecule has 1 atom stereocenters. The molecule has 2 amide bonds. The Morgan fingerprint density at radius 1 is 1.62 bits per heavy atom. The van der Waals surface area contributed by atoms with Crippen molar-refractivity contribution in [2.75, 3.05) is 11.9 Å². The number of carbonyl (C=O) groups excluding carboxylic acids is 2. The molecule has 86 valence electrons. The van der Waals surface area contributed by atoms with Crippen LogP contribution < -0.4 is 5.32 Å². The van der Waals surface area contributed by atoms with E-state index in [9.17, 15) is 9.59 Å². The molecule has 1 N–H and O–H groups in total. The summed E-state index contributed by atoms with van der Waals surface area (Å²) in [6.07, 6.45) is 2.37. The van der Waals surface area contributed by atoms with Gasteiger partial charge < -0.3 is 9.84 Å². The van der Waals surface area contributed by atoms with Crippen molar-refractivity contribution >= 4 is 17.6 Å². The average Bonchev–Trinajstić information content (AvgIpc) is 2.84. The van der Waals surface area contributed by atoms with Gasteiger partial charge in [0.2, 0.25) is 5.91 Å². The first-order valence-electron chi connectivity index (χ1n) is 5.23. The number of likely N-dealkylation sites (tertiary alicyclic amines) is 1. The van der Waals surface area contributed by atoms with Gasteiger partial charge in [-0.3, -0.25) is 14.5 Å². The van der Waals surface area contributed by atoms with Gasteiger partial charge in [-0.05, 0) is 6.42 Å². The van der Waals surface area contributed by atoms with E-state index in [1.165, 1.54) is 11.2 Å². The van der Waals surface area contributed by atoms with E-state index in [2.05, 4.69) is 15.0 Å². The van der Waals surface area contributed by atoms with Crippen LogP contribution in [-0.4, -0.2) is 34.5 Å². The third kappa shape index (κ3) is 1.91. The van der Waals surface area contributed by atoms with Crippen molar-refractivity contribution in [3.8, 4) is 0 Å². The standard InChI is InChI=1S/C10H13N3O3/c1-2-4-13-9(14)6-7(10(13)15)11-8-3-5-16-12-8/h3,5,7H,2,4,6H2,1H3,(H,11,12). The smallest absolute Gasteiger partial charge is 0.252 e. The zero-order valence-corrected chi connectivity index (χ0v) is 8.97. The normalized spacial score (nSPS) is 20.6. The fourth-order valence-corrected chi connectivity index (χ4v) is 1.72. The first-order chi connectivity index (χ1) is 7.72. The van der Waals surface area contributed by atoms with E-state index >= 15 is 0 Å². The Morgan fingerprint density at radius 2 is 2.44 bits per heavy atom. The summed E-state index contributed by atoms with van der Waals surface area (Å²) >= 11 is 0. The van der Waals surface area contributed by atoms with E-state index in [4.69, 9.17) is 0 Å². The molecule has 0 aromatic carbocycles. The molecule has 1 aromatic rings. The molecule has 16 heavy (non-hydrogen) atoms. The Bertz CT molecular complexity index is 388. The number of nitrogens with zero attached hydrogens (tertiary/aromatic N) is 2. The maximum atomic E-state index is 11.8. The molecule has 2 rings (SSSR count). The number of nitrogens with one attached hydrogen (secondary N) is 1. The van der Waals surface area contributed by atoms with Crippen LogP contribution in [0.2, 0.25) is 0 Å². The van der Waals surface area contributed by atoms with Crippen LogP contribution in [0.3, 0.4) is 0 Å². The molecule has 1 fully saturated rings. The number of aromatic nitrogens is 1. The topological polar surface area (TPSA) is 75.4 Å². The number of amides is 2. The molecule has 1 aliphatic heterocycles. The fourth-order valence-electron chi connectivity index (χ4n) is 1.72. The van der Waals surface area contributed by atoms with Crippen molar-refractivity contribution in [3.63, 3.8) is 0 Å². The molecule has 0 aliphatic carbocycles. The second kappa shape index (κ2) is 4.34. The highest BCUT2D eigenvalue weighted by Crippen LogP contribution is 2.17. The molecule has 1 unspecified atom stereocenters. The van der Waals surface area contributed by atoms with E-state index in [1.807, 2.05) is 6.92 Å². The number of imide groups is 1. The monoisotopic (exact) mass is 223 g/mol. The van der Waals surface area contributed by atoms with Crippen LogP contribution in [0.1, 0.15) is 19.8 Å². The van der Waals surface area contributed by atoms with Crippen molar-refractivity contribution in [1.82, 2.24) is 10.1 Å². The van der Waals surface area contributed by atoms with Crippen LogP contribution in [0.4, 0.5) is 5.82 Å². The highest BCUT2D eigenvalue weighted by molar-refractivity contribution is 6.06. The van der Waals surface area contributed by atoms with Crippen molar-refractivity contribution in [2.45, 2.75) is 25.8 Å². The Labute approximate surface area is 92.6 Å². The van der Waals surface area contributed by atoms with E-state index in [-0.39, 0.29) is 18.2 Å². The van der Waals surface area contributed by atoms with Gasteiger partial charge in [0.25, 0.3) is 5.91 Å². The third-order valence-corrected chi connectivity index (χ3v) is 2.45. The minimum absolute atomic E-state index is 0.132. The van der Waals surface area contributed by atoms with Gasteiger partial charge >= 0.3 is 0 Å². The number of hydrogen-bond acceptors (Lipinski definition) is 5. The zero-order chi connectivity index (χ0) is 11.5. The van der Waals surface area contributed by atoms with E-state index < -0.39 is 6.04 Å². The molecular formula is C10H13N3O3. The van der Waals surface area contributed by atoms with Crippen molar-refractivity contribution in [3.05, 3.63) is 12.3 Å². The molecule has 0 spiro atoms. The summed E-state index contributed by atoms with van der Waals surface area (Å²) in [6.45, 7) is 2.41. The average molecular weight is 223 g/mol. The van der Waals surface area contributed by atoms with Gasteiger partial charge in [0.1, 0.15) is 12.3 Å². The number of anilines is 1. The van der Waals surface area contributed by atoms with E-state index in [1.54, 1.807) is 6.07 Å². The Kier molecular flexibility index (Phi) is 2.89. The molecule has 0 radical (unpaired) electrons. The predicted octanol–water partition coefficient (Wildman–Crippen LogP) is 0.624. The quantitative estimate of drug-likeness (QED) is 0.757. The van der Waals surface area contributed by atoms with Gasteiger partial charge in [-0.2, -0.15) is 0 Å². The molecule has 6 nitrogen and oxygen atoms in total. The molecule has 6 heteroatoms. The third-order valence-electron chi connectivity index (χ3n) is 2.45. The Hall–Kier alpha value is -1.85. The molecule has 1 saturated heterocycles. The van der Waals surface area contributed by atoms with E-state index in [0.717, 1.165) is 6.42 Å². The molecular weight excluding hydrogens is 210 g/mol. The molecule has 0 bridgehead atoms. The lowest BCUT2D eigenvalue weighted by molar-refractivity contribution is -0.138. The second-order valence-corrected chi connectivity index (χ2v) is 3.67. The fraction of sp³-hybridized carbons (Fsp3) is 0.500. The van der Waals surface area contributed by atoms with Gasteiger partial charge in [-0.15, -0.1) is 0 Å². The summed E-state index contributed by atoms with van der Waals surface area (Å²) in [5, 5.41) is 6.51. The van der Waals surface area contributed by atoms with Crippen molar-refractivity contribution < 1.29 is 14.1 Å². The maximum absolute atomic E-state index is 11.8. The zero-order valence-electron chi connectivity index (χ0n) is 8.97. The number of hydrogen-bond donors (Lipinski definition) is 1. The minimum Gasteiger partial charge on any atom is -0.363 e. The maximum Gasteiger partial charge on any atom is 0.252 e. The van der Waals surface area contributed by atoms with Crippen LogP contribution in [0.25, 0.3) is 0 Å². The summed E-state index contributed by atoms with van der Waals surface area (Å²) in [6, 6.07) is 1.10. The van der Waals surface area contributed by atoms with Gasteiger partial charge in [0.05, 0.1) is 6.42 Å². The van der Waals surface area contributed by atoms with Gasteiger partial charge in [-0.1, -0.05) is 12.1 Å². The predicted molar refractivity (Wildman–Crippen MR) is 55.5 cm³/mol. The highest BCUT2D eigenvalue weighted by atomic mass is 16.5. The lowest BCUT2D eigenvalue weighted by Crippen LogP contribution is -2.35. The second-order valence-electron chi connectivity index (χ2n) is 3.67. The van der Waals surface area contributed by atoms with E-state index in [0.29, 0.717) is 12.4 Å². The lowest BCUT2D eigenvalue weighted by atomic mass is 10.2. The number of rotatable bonds is 4. The Balaban J connectivity index is 2.03. The summed E-state index contributed by atoms with van der Waals surface area (Å²) in [5.41, 5.74) is 0. The molecule has 1 aliphatic rings. The van der Waals surface area contributed by atoms with Crippen LogP contribution in [0.15, 0.2) is 16.9 Å². The van der Waals surface area contributed by atoms with Crippen molar-refractivity contribution in [2.24, 2.45) is 0 Å². The van der Waals surface area contributed by atoms with Crippen LogP contribution in [0.5, 0.6) is 0 Å². The lowest BCUT2D eigenvalue weighted by Gasteiger charge is -2.13. The van der Waals surface area contributed by atoms with Crippen LogP contribution in [-0.2, 0) is 9.59 Å². The van der Waals surface area contributed by atoms with Crippen LogP contribution >= 0.6 is 0 Å². The van der Waals surface area contributed by atoms with Gasteiger partial charge in [0.15, 0.2) is 5.82 Å². The summed E-state index contributed by atoms with van der Waals surface area (Å²) < 4.78 is 4.64. The first-order valence-corrected chi connectivity index (χ1v) is 5.23. The minimum atomic E-state index is -0.510. The summed E-state index contributed by atoms with van der Waals surface area (Å²) in [5.74, 6) is 0.159. The SMILES string of the molecule is CCCN1C(=O)CC(Nc2ccon2)C1=O. The molecule has 0 saturated carbocycles. The Morgan fingerprint density at radius 3 is 3.06 bits per heavy atom. The largest absolute Gasteiger partial charge is 0.363 e. The number of carbonyl (C=O) groups is 2. The molecule has 1 aromatic heterocycles. The first kappa shape index (κ1) is 10.7. The van der Waals surface area contributed by atoms with Crippen molar-refractivity contribution in [1.29, 1.82) is 0 Å². The van der Waals surface area contributed by atoms with Gasteiger partial charge in [-0.25, -0.2) is 0 Å². The highest BCUT2D eigenvalue weighted by Gasteiger charge is 2.38. The van der Waals surface area contributed by atoms with Gasteiger partial charge in [0, 0.05) is 12.6 Å². The summed E-state index contributed by atoms with van der Waals surface area (Å²) in [4.78, 5) is 24.6.